The number of aromatic nitrogens is 1. The quantitative estimate of drug-likeness (QED) is 0.512. The molecule has 1 aliphatic heterocycles. The fourth-order valence-electron chi connectivity index (χ4n) is 4.56. The third kappa shape index (κ3) is 4.79. The fourth-order valence-corrected chi connectivity index (χ4v) is 5.44. The number of ether oxygens (including phenoxy) is 1. The van der Waals surface area contributed by atoms with Crippen molar-refractivity contribution in [2.75, 3.05) is 13.2 Å². The Labute approximate surface area is 201 Å². The number of rotatable bonds is 6. The number of thiazole rings is 1. The van der Waals surface area contributed by atoms with E-state index in [-0.39, 0.29) is 11.5 Å². The highest BCUT2D eigenvalue weighted by molar-refractivity contribution is 7.15. The summed E-state index contributed by atoms with van der Waals surface area (Å²) in [5.74, 6) is 0.0584. The van der Waals surface area contributed by atoms with E-state index in [1.54, 1.807) is 18.3 Å². The summed E-state index contributed by atoms with van der Waals surface area (Å²) >= 11 is 1.32. The molecule has 2 aromatic carbocycles. The highest BCUT2D eigenvalue weighted by Crippen LogP contribution is 2.35. The SMILES string of the molecule is N#Cc1ccc(-c2ncc(CNC(=O)c3ccc4c(c3)CC=C4CC3CCOCC3)s2)c(F)c1. The number of fused-ring (bicyclic) bond motifs is 1. The van der Waals surface area contributed by atoms with Crippen LogP contribution in [0.15, 0.2) is 48.7 Å². The van der Waals surface area contributed by atoms with E-state index >= 15 is 0 Å². The van der Waals surface area contributed by atoms with Gasteiger partial charge in [-0.3, -0.25) is 4.79 Å². The van der Waals surface area contributed by atoms with Crippen molar-refractivity contribution in [2.24, 2.45) is 5.92 Å². The summed E-state index contributed by atoms with van der Waals surface area (Å²) in [6, 6.07) is 12.2. The topological polar surface area (TPSA) is 75.0 Å². The Morgan fingerprint density at radius 1 is 1.21 bits per heavy atom. The number of amides is 1. The van der Waals surface area contributed by atoms with E-state index < -0.39 is 5.82 Å². The zero-order chi connectivity index (χ0) is 23.5. The Hall–Kier alpha value is -3.34. The Morgan fingerprint density at radius 2 is 2.03 bits per heavy atom. The van der Waals surface area contributed by atoms with Crippen LogP contribution >= 0.6 is 11.3 Å². The minimum atomic E-state index is -0.480. The summed E-state index contributed by atoms with van der Waals surface area (Å²) in [4.78, 5) is 17.9. The number of nitrogens with zero attached hydrogens (tertiary/aromatic N) is 2. The van der Waals surface area contributed by atoms with Crippen molar-refractivity contribution >= 4 is 22.8 Å². The maximum atomic E-state index is 14.3. The van der Waals surface area contributed by atoms with Crippen molar-refractivity contribution < 1.29 is 13.9 Å². The number of hydrogen-bond donors (Lipinski definition) is 1. The van der Waals surface area contributed by atoms with Crippen LogP contribution < -0.4 is 5.32 Å². The Kier molecular flexibility index (Phi) is 6.52. The summed E-state index contributed by atoms with van der Waals surface area (Å²) in [6.45, 7) is 2.03. The Morgan fingerprint density at radius 3 is 2.82 bits per heavy atom. The van der Waals surface area contributed by atoms with Gasteiger partial charge in [-0.15, -0.1) is 11.3 Å². The predicted molar refractivity (Wildman–Crippen MR) is 130 cm³/mol. The van der Waals surface area contributed by atoms with E-state index in [0.29, 0.717) is 28.6 Å². The van der Waals surface area contributed by atoms with Crippen molar-refractivity contribution in [1.82, 2.24) is 10.3 Å². The minimum absolute atomic E-state index is 0.139. The first-order valence-electron chi connectivity index (χ1n) is 11.4. The second-order valence-electron chi connectivity index (χ2n) is 8.69. The fraction of sp³-hybridized carbons (Fsp3) is 0.296. The van der Waals surface area contributed by atoms with E-state index in [2.05, 4.69) is 22.4 Å². The normalized spacial score (nSPS) is 15.5. The molecule has 1 aromatic heterocycles. The number of allylic oxidation sites excluding steroid dienone is 2. The van der Waals surface area contributed by atoms with Crippen molar-refractivity contribution in [2.45, 2.75) is 32.2 Å². The number of carbonyl (C=O) groups excluding carboxylic acids is 1. The standard InChI is InChI=1S/C27H24FN3O2S/c28-25-12-18(14-29)1-5-24(25)27-31-16-22(34-27)15-30-26(32)21-4-6-23-19(2-3-20(23)13-21)11-17-7-9-33-10-8-17/h1-2,4-6,12-13,16-17H,3,7-11,15H2,(H,30,32). The van der Waals surface area contributed by atoms with Crippen LogP contribution in [0.5, 0.6) is 0 Å². The minimum Gasteiger partial charge on any atom is -0.381 e. The molecule has 0 saturated carbocycles. The summed E-state index contributed by atoms with van der Waals surface area (Å²) in [5.41, 5.74) is 5.11. The van der Waals surface area contributed by atoms with Crippen LogP contribution in [0.3, 0.4) is 0 Å². The molecule has 1 fully saturated rings. The molecule has 5 rings (SSSR count). The first-order chi connectivity index (χ1) is 16.6. The predicted octanol–water partition coefficient (Wildman–Crippen LogP) is 5.51. The molecule has 0 unspecified atom stereocenters. The van der Waals surface area contributed by atoms with Gasteiger partial charge in [-0.05, 0) is 78.6 Å². The van der Waals surface area contributed by atoms with Crippen molar-refractivity contribution in [3.8, 4) is 16.6 Å². The molecule has 34 heavy (non-hydrogen) atoms. The highest BCUT2D eigenvalue weighted by atomic mass is 32.1. The number of halogens is 1. The van der Waals surface area contributed by atoms with Gasteiger partial charge in [0.1, 0.15) is 10.8 Å². The van der Waals surface area contributed by atoms with Crippen molar-refractivity contribution in [1.29, 1.82) is 5.26 Å². The zero-order valence-electron chi connectivity index (χ0n) is 18.6. The molecule has 0 bridgehead atoms. The summed E-state index contributed by atoms with van der Waals surface area (Å²) in [6.07, 6.45) is 8.11. The number of nitriles is 1. The first kappa shape index (κ1) is 22.5. The van der Waals surface area contributed by atoms with Gasteiger partial charge >= 0.3 is 0 Å². The van der Waals surface area contributed by atoms with Crippen LogP contribution in [-0.4, -0.2) is 24.1 Å². The molecule has 7 heteroatoms. The van der Waals surface area contributed by atoms with Crippen LogP contribution in [0.25, 0.3) is 16.1 Å². The molecule has 2 aliphatic rings. The number of nitrogens with one attached hydrogen (secondary N) is 1. The molecule has 5 nitrogen and oxygen atoms in total. The molecule has 0 radical (unpaired) electrons. The molecule has 0 atom stereocenters. The number of benzene rings is 2. The molecule has 1 N–H and O–H groups in total. The van der Waals surface area contributed by atoms with E-state index in [4.69, 9.17) is 10.00 Å². The number of hydrogen-bond acceptors (Lipinski definition) is 5. The Bertz CT molecular complexity index is 1300. The van der Waals surface area contributed by atoms with Gasteiger partial charge in [-0.2, -0.15) is 5.26 Å². The lowest BCUT2D eigenvalue weighted by Crippen LogP contribution is -2.22. The molecule has 0 spiro atoms. The molecule has 3 aromatic rings. The largest absolute Gasteiger partial charge is 0.381 e. The molecule has 1 amide bonds. The molecule has 172 valence electrons. The highest BCUT2D eigenvalue weighted by Gasteiger charge is 2.21. The Balaban J connectivity index is 1.20. The van der Waals surface area contributed by atoms with Gasteiger partial charge in [0.25, 0.3) is 5.91 Å². The van der Waals surface area contributed by atoms with Crippen LogP contribution in [0.1, 0.15) is 51.2 Å². The lowest BCUT2D eigenvalue weighted by molar-refractivity contribution is 0.0679. The van der Waals surface area contributed by atoms with Crippen molar-refractivity contribution in [3.05, 3.63) is 81.6 Å². The monoisotopic (exact) mass is 473 g/mol. The van der Waals surface area contributed by atoms with Gasteiger partial charge in [-0.1, -0.05) is 12.1 Å². The maximum absolute atomic E-state index is 14.3. The van der Waals surface area contributed by atoms with Crippen LogP contribution in [0, 0.1) is 23.1 Å². The maximum Gasteiger partial charge on any atom is 0.251 e. The second-order valence-corrected chi connectivity index (χ2v) is 9.80. The average molecular weight is 474 g/mol. The van der Waals surface area contributed by atoms with Gasteiger partial charge in [0.15, 0.2) is 0 Å². The summed E-state index contributed by atoms with van der Waals surface area (Å²) < 4.78 is 19.7. The van der Waals surface area contributed by atoms with Gasteiger partial charge in [-0.25, -0.2) is 9.37 Å². The van der Waals surface area contributed by atoms with Gasteiger partial charge in [0.05, 0.1) is 18.2 Å². The zero-order valence-corrected chi connectivity index (χ0v) is 19.5. The second kappa shape index (κ2) is 9.88. The first-order valence-corrected chi connectivity index (χ1v) is 12.3. The van der Waals surface area contributed by atoms with E-state index in [1.165, 1.54) is 34.1 Å². The smallest absolute Gasteiger partial charge is 0.251 e. The third-order valence-corrected chi connectivity index (χ3v) is 7.47. The van der Waals surface area contributed by atoms with Crippen LogP contribution in [0.4, 0.5) is 4.39 Å². The third-order valence-electron chi connectivity index (χ3n) is 6.44. The van der Waals surface area contributed by atoms with Crippen LogP contribution in [0.2, 0.25) is 0 Å². The van der Waals surface area contributed by atoms with E-state index in [0.717, 1.165) is 43.8 Å². The molecule has 2 heterocycles. The average Bonchev–Trinajstić information content (AvgIpc) is 3.50. The molecule has 1 aliphatic carbocycles. The van der Waals surface area contributed by atoms with E-state index in [1.807, 2.05) is 18.2 Å². The van der Waals surface area contributed by atoms with Crippen LogP contribution in [-0.2, 0) is 17.7 Å². The van der Waals surface area contributed by atoms with Gasteiger partial charge in [0, 0.05) is 35.4 Å². The molecular weight excluding hydrogens is 449 g/mol. The molecular formula is C27H24FN3O2S. The summed E-state index contributed by atoms with van der Waals surface area (Å²) in [7, 11) is 0. The lowest BCUT2D eigenvalue weighted by atomic mass is 9.90. The summed E-state index contributed by atoms with van der Waals surface area (Å²) in [5, 5.41) is 12.4. The van der Waals surface area contributed by atoms with Gasteiger partial charge < -0.3 is 10.1 Å². The number of carbonyl (C=O) groups is 1. The molecule has 1 saturated heterocycles. The lowest BCUT2D eigenvalue weighted by Gasteiger charge is -2.22. The van der Waals surface area contributed by atoms with Crippen molar-refractivity contribution in [3.63, 3.8) is 0 Å². The van der Waals surface area contributed by atoms with E-state index in [9.17, 15) is 9.18 Å². The van der Waals surface area contributed by atoms with Gasteiger partial charge in [0.2, 0.25) is 0 Å².